The number of hydrogen-bond acceptors (Lipinski definition) is 6. The molecule has 0 spiro atoms. The van der Waals surface area contributed by atoms with Crippen LogP contribution < -0.4 is 10.6 Å². The lowest BCUT2D eigenvalue weighted by Gasteiger charge is -2.13. The van der Waals surface area contributed by atoms with Gasteiger partial charge in [0.05, 0.1) is 46.9 Å². The Labute approximate surface area is 188 Å². The molecule has 1 amide bonds. The number of anilines is 3. The Morgan fingerprint density at radius 3 is 2.85 bits per heavy atom. The molecule has 10 nitrogen and oxygen atoms in total. The first-order valence-corrected chi connectivity index (χ1v) is 10.3. The minimum Gasteiger partial charge on any atom is -0.336 e. The maximum absolute atomic E-state index is 15.3. The molecule has 166 valence electrons. The Bertz CT molecular complexity index is 1530. The van der Waals surface area contributed by atoms with Crippen molar-refractivity contribution >= 4 is 51.4 Å². The summed E-state index contributed by atoms with van der Waals surface area (Å²) in [5.74, 6) is -0.990. The van der Waals surface area contributed by atoms with E-state index >= 15 is 4.39 Å². The van der Waals surface area contributed by atoms with E-state index in [-0.39, 0.29) is 22.9 Å². The van der Waals surface area contributed by atoms with E-state index in [1.165, 1.54) is 18.6 Å². The van der Waals surface area contributed by atoms with Crippen LogP contribution in [0.25, 0.3) is 27.8 Å². The van der Waals surface area contributed by atoms with Gasteiger partial charge < -0.3 is 15.0 Å². The van der Waals surface area contributed by atoms with Crippen molar-refractivity contribution in [2.75, 3.05) is 10.6 Å². The fourth-order valence-corrected chi connectivity index (χ4v) is 3.98. The molecule has 0 unspecified atom stereocenters. The molecule has 4 heterocycles. The lowest BCUT2D eigenvalue weighted by Crippen LogP contribution is -2.15. The number of carbonyl (C=O) groups is 1. The molecule has 4 aromatic heterocycles. The summed E-state index contributed by atoms with van der Waals surface area (Å²) in [6, 6.07) is 1.64. The predicted molar refractivity (Wildman–Crippen MR) is 117 cm³/mol. The number of carbonyl (C=O) groups excluding carboxylic acids is 1. The van der Waals surface area contributed by atoms with Gasteiger partial charge >= 0.3 is 0 Å². The minimum atomic E-state index is -1.10. The van der Waals surface area contributed by atoms with E-state index in [0.717, 1.165) is 0 Å². The Morgan fingerprint density at radius 2 is 2.09 bits per heavy atom. The molecule has 0 saturated heterocycles. The summed E-state index contributed by atoms with van der Waals surface area (Å²) in [5, 5.41) is 19.3. The number of rotatable bonds is 5. The average molecular weight is 470 g/mol. The van der Waals surface area contributed by atoms with Crippen LogP contribution in [0.5, 0.6) is 0 Å². The first-order chi connectivity index (χ1) is 16.0. The van der Waals surface area contributed by atoms with Crippen LogP contribution in [0.2, 0.25) is 5.02 Å². The standard InChI is InChI=1S/C20H14ClF2N9O/c21-16-15(9-4-26-31-18(9)19(17(16)23)28-12-1-2-25-30-12)11-6-32-7-13(27-14(32)5-24-11)29-20(33)8-3-10(8)22/h1-2,4-8,10H,3H2,(H,26,31)(H,29,33)(H2,25,28,30)/t8-,10+/m1/s1. The van der Waals surface area contributed by atoms with Crippen LogP contribution in [0.4, 0.5) is 26.1 Å². The Kier molecular flexibility index (Phi) is 4.30. The molecular weight excluding hydrogens is 456 g/mol. The number of H-pyrrole nitrogens is 2. The van der Waals surface area contributed by atoms with Crippen molar-refractivity contribution in [3.05, 3.63) is 47.9 Å². The lowest BCUT2D eigenvalue weighted by molar-refractivity contribution is -0.117. The Balaban J connectivity index is 1.41. The zero-order valence-electron chi connectivity index (χ0n) is 16.6. The molecule has 2 atom stereocenters. The third-order valence-electron chi connectivity index (χ3n) is 5.45. The van der Waals surface area contributed by atoms with Crippen LogP contribution in [0.1, 0.15) is 6.42 Å². The van der Waals surface area contributed by atoms with Crippen molar-refractivity contribution in [2.24, 2.45) is 5.92 Å². The van der Waals surface area contributed by atoms with Gasteiger partial charge in [0, 0.05) is 23.2 Å². The van der Waals surface area contributed by atoms with Crippen LogP contribution >= 0.6 is 11.6 Å². The highest BCUT2D eigenvalue weighted by Crippen LogP contribution is 2.41. The molecule has 0 aliphatic heterocycles. The number of fused-ring (bicyclic) bond motifs is 2. The largest absolute Gasteiger partial charge is 0.336 e. The number of aromatic nitrogens is 7. The van der Waals surface area contributed by atoms with Crippen molar-refractivity contribution in [3.63, 3.8) is 0 Å². The second kappa shape index (κ2) is 7.24. The third-order valence-corrected chi connectivity index (χ3v) is 5.80. The van der Waals surface area contributed by atoms with E-state index in [1.807, 2.05) is 0 Å². The summed E-state index contributed by atoms with van der Waals surface area (Å²) in [4.78, 5) is 20.7. The molecule has 1 aliphatic carbocycles. The summed E-state index contributed by atoms with van der Waals surface area (Å²) in [6.45, 7) is 0. The number of aromatic amines is 2. The first kappa shape index (κ1) is 19.6. The molecule has 33 heavy (non-hydrogen) atoms. The van der Waals surface area contributed by atoms with Crippen molar-refractivity contribution in [1.82, 2.24) is 34.8 Å². The van der Waals surface area contributed by atoms with Crippen LogP contribution in [-0.4, -0.2) is 46.8 Å². The Morgan fingerprint density at radius 1 is 1.24 bits per heavy atom. The molecule has 0 bridgehead atoms. The molecule has 6 rings (SSSR count). The molecule has 1 aromatic carbocycles. The van der Waals surface area contributed by atoms with Gasteiger partial charge in [-0.05, 0) is 6.42 Å². The smallest absolute Gasteiger partial charge is 0.231 e. The molecule has 1 fully saturated rings. The Hall–Kier alpha value is -4.06. The molecule has 5 aromatic rings. The normalized spacial score (nSPS) is 17.5. The highest BCUT2D eigenvalue weighted by molar-refractivity contribution is 6.36. The minimum absolute atomic E-state index is 0.112. The maximum Gasteiger partial charge on any atom is 0.231 e. The summed E-state index contributed by atoms with van der Waals surface area (Å²) in [7, 11) is 0. The second-order valence-electron chi connectivity index (χ2n) is 7.64. The van der Waals surface area contributed by atoms with Gasteiger partial charge in [0.1, 0.15) is 17.7 Å². The number of benzene rings is 1. The fourth-order valence-electron chi connectivity index (χ4n) is 3.68. The van der Waals surface area contributed by atoms with E-state index in [1.54, 1.807) is 22.9 Å². The molecule has 1 saturated carbocycles. The van der Waals surface area contributed by atoms with Gasteiger partial charge in [-0.1, -0.05) is 11.6 Å². The van der Waals surface area contributed by atoms with E-state index in [2.05, 4.69) is 41.0 Å². The number of alkyl halides is 1. The zero-order valence-corrected chi connectivity index (χ0v) is 17.4. The molecule has 13 heteroatoms. The van der Waals surface area contributed by atoms with Crippen molar-refractivity contribution < 1.29 is 13.6 Å². The van der Waals surface area contributed by atoms with Crippen molar-refractivity contribution in [1.29, 1.82) is 0 Å². The highest BCUT2D eigenvalue weighted by atomic mass is 35.5. The lowest BCUT2D eigenvalue weighted by atomic mass is 10.1. The topological polar surface area (TPSA) is 129 Å². The fraction of sp³-hybridized carbons (Fsp3) is 0.150. The summed E-state index contributed by atoms with van der Waals surface area (Å²) in [5.41, 5.74) is 1.66. The van der Waals surface area contributed by atoms with Gasteiger partial charge in [-0.15, -0.1) is 0 Å². The first-order valence-electron chi connectivity index (χ1n) is 9.90. The van der Waals surface area contributed by atoms with Gasteiger partial charge in [-0.25, -0.2) is 13.8 Å². The number of hydrogen-bond donors (Lipinski definition) is 4. The predicted octanol–water partition coefficient (Wildman–Crippen LogP) is 3.83. The molecular formula is C20H14ClF2N9O. The number of amides is 1. The zero-order chi connectivity index (χ0) is 22.7. The van der Waals surface area contributed by atoms with Crippen molar-refractivity contribution in [3.8, 4) is 11.3 Å². The van der Waals surface area contributed by atoms with Gasteiger partial charge in [0.2, 0.25) is 5.91 Å². The SMILES string of the molecule is O=C(Nc1cn2cc(-c3c(Cl)c(F)c(Nc4ccn[nH]4)c4[nH]ncc34)ncc2n1)[C@@H]1C[C@@H]1F. The quantitative estimate of drug-likeness (QED) is 0.309. The van der Waals surface area contributed by atoms with E-state index in [0.29, 0.717) is 33.6 Å². The van der Waals surface area contributed by atoms with E-state index in [9.17, 15) is 9.18 Å². The van der Waals surface area contributed by atoms with Gasteiger partial charge in [0.15, 0.2) is 17.3 Å². The van der Waals surface area contributed by atoms with E-state index in [4.69, 9.17) is 11.6 Å². The summed E-state index contributed by atoms with van der Waals surface area (Å²) in [6.07, 6.45) is 6.83. The molecule has 4 N–H and O–H groups in total. The maximum atomic E-state index is 15.3. The van der Waals surface area contributed by atoms with Gasteiger partial charge in [-0.3, -0.25) is 20.0 Å². The number of nitrogens with one attached hydrogen (secondary N) is 4. The number of nitrogens with zero attached hydrogens (tertiary/aromatic N) is 5. The van der Waals surface area contributed by atoms with Crippen molar-refractivity contribution in [2.45, 2.75) is 12.6 Å². The van der Waals surface area contributed by atoms with Gasteiger partial charge in [0.25, 0.3) is 0 Å². The van der Waals surface area contributed by atoms with Gasteiger partial charge in [-0.2, -0.15) is 10.2 Å². The van der Waals surface area contributed by atoms with Crippen LogP contribution in [0.3, 0.4) is 0 Å². The number of imidazole rings is 1. The van der Waals surface area contributed by atoms with Crippen LogP contribution in [-0.2, 0) is 4.79 Å². The van der Waals surface area contributed by atoms with Crippen LogP contribution in [0.15, 0.2) is 37.1 Å². The average Bonchev–Trinajstić information content (AvgIpc) is 3.22. The van der Waals surface area contributed by atoms with E-state index < -0.39 is 23.8 Å². The monoisotopic (exact) mass is 469 g/mol. The second-order valence-corrected chi connectivity index (χ2v) is 8.02. The number of halogens is 3. The third kappa shape index (κ3) is 3.26. The van der Waals surface area contributed by atoms with Crippen LogP contribution in [0, 0.1) is 11.7 Å². The summed E-state index contributed by atoms with van der Waals surface area (Å²) >= 11 is 6.45. The highest BCUT2D eigenvalue weighted by Gasteiger charge is 2.43. The summed E-state index contributed by atoms with van der Waals surface area (Å²) < 4.78 is 30.1. The molecule has 0 radical (unpaired) electrons. The molecule has 1 aliphatic rings.